The number of sulfone groups is 1. The summed E-state index contributed by atoms with van der Waals surface area (Å²) in [7, 11) is -3.32. The van der Waals surface area contributed by atoms with E-state index in [1.807, 2.05) is 49.4 Å². The summed E-state index contributed by atoms with van der Waals surface area (Å²) in [4.78, 5) is 0.398. The predicted molar refractivity (Wildman–Crippen MR) is 83.9 cm³/mol. The standard InChI is InChI=1S/C17H19NO2S/c1-12-7-9-14(10-8-12)21(19,20)17-15(11-18)16(17)13-5-3-2-4-6-13/h2-10,15-17H,11,18H2,1H3/t15-,16-,17-/m1/s1. The van der Waals surface area contributed by atoms with Gasteiger partial charge in [0.1, 0.15) is 0 Å². The van der Waals surface area contributed by atoms with Gasteiger partial charge in [-0.05, 0) is 37.1 Å². The van der Waals surface area contributed by atoms with E-state index in [-0.39, 0.29) is 11.8 Å². The molecule has 2 N–H and O–H groups in total. The molecule has 0 amide bonds. The zero-order chi connectivity index (χ0) is 15.0. The van der Waals surface area contributed by atoms with Crippen LogP contribution >= 0.6 is 0 Å². The van der Waals surface area contributed by atoms with E-state index in [1.165, 1.54) is 0 Å². The zero-order valence-electron chi connectivity index (χ0n) is 11.9. The van der Waals surface area contributed by atoms with Gasteiger partial charge in [-0.2, -0.15) is 0 Å². The highest BCUT2D eigenvalue weighted by Gasteiger charge is 2.57. The fourth-order valence-electron chi connectivity index (χ4n) is 3.04. The lowest BCUT2D eigenvalue weighted by atomic mass is 10.1. The molecule has 3 rings (SSSR count). The van der Waals surface area contributed by atoms with E-state index in [1.54, 1.807) is 12.1 Å². The molecule has 0 aliphatic heterocycles. The maximum absolute atomic E-state index is 12.8. The summed E-state index contributed by atoms with van der Waals surface area (Å²) in [6, 6.07) is 16.8. The number of aryl methyl sites for hydroxylation is 1. The number of rotatable bonds is 4. The third-order valence-electron chi connectivity index (χ3n) is 4.26. The Balaban J connectivity index is 1.94. The first kappa shape index (κ1) is 14.3. The maximum atomic E-state index is 12.8. The summed E-state index contributed by atoms with van der Waals surface area (Å²) < 4.78 is 25.6. The third kappa shape index (κ3) is 2.49. The molecular formula is C17H19NO2S. The van der Waals surface area contributed by atoms with Gasteiger partial charge in [0.15, 0.2) is 9.84 Å². The lowest BCUT2D eigenvalue weighted by Crippen LogP contribution is -2.13. The highest BCUT2D eigenvalue weighted by Crippen LogP contribution is 2.53. The van der Waals surface area contributed by atoms with Gasteiger partial charge >= 0.3 is 0 Å². The first-order valence-corrected chi connectivity index (χ1v) is 8.66. The molecule has 0 spiro atoms. The van der Waals surface area contributed by atoms with E-state index in [2.05, 4.69) is 0 Å². The van der Waals surface area contributed by atoms with Gasteiger partial charge in [-0.3, -0.25) is 0 Å². The predicted octanol–water partition coefficient (Wildman–Crippen LogP) is 2.51. The minimum Gasteiger partial charge on any atom is -0.330 e. The average molecular weight is 301 g/mol. The molecule has 0 aromatic heterocycles. The van der Waals surface area contributed by atoms with E-state index < -0.39 is 15.1 Å². The summed E-state index contributed by atoms with van der Waals surface area (Å²) in [6.45, 7) is 2.35. The van der Waals surface area contributed by atoms with E-state index >= 15 is 0 Å². The SMILES string of the molecule is Cc1ccc(S(=O)(=O)[C@@H]2[C@H](CN)[C@H]2c2ccccc2)cc1. The second kappa shape index (κ2) is 5.28. The Bertz CT molecular complexity index is 723. The molecule has 3 atom stereocenters. The fourth-order valence-corrected chi connectivity index (χ4v) is 5.27. The highest BCUT2D eigenvalue weighted by atomic mass is 32.2. The topological polar surface area (TPSA) is 60.2 Å². The second-order valence-electron chi connectivity index (χ2n) is 5.66. The molecule has 0 saturated heterocycles. The van der Waals surface area contributed by atoms with Crippen molar-refractivity contribution in [1.82, 2.24) is 0 Å². The number of nitrogens with two attached hydrogens (primary N) is 1. The highest BCUT2D eigenvalue weighted by molar-refractivity contribution is 7.92. The van der Waals surface area contributed by atoms with Crippen LogP contribution in [0.2, 0.25) is 0 Å². The minimum atomic E-state index is -3.32. The van der Waals surface area contributed by atoms with Crippen LogP contribution in [0.3, 0.4) is 0 Å². The van der Waals surface area contributed by atoms with Crippen LogP contribution < -0.4 is 5.73 Å². The third-order valence-corrected chi connectivity index (χ3v) is 6.55. The molecule has 1 aliphatic carbocycles. The molecule has 3 nitrogen and oxygen atoms in total. The van der Waals surface area contributed by atoms with Gasteiger partial charge in [0.05, 0.1) is 10.1 Å². The fraction of sp³-hybridized carbons (Fsp3) is 0.294. The van der Waals surface area contributed by atoms with Crippen LogP contribution in [0.15, 0.2) is 59.5 Å². The van der Waals surface area contributed by atoms with Gasteiger partial charge in [-0.1, -0.05) is 48.0 Å². The van der Waals surface area contributed by atoms with E-state index in [0.717, 1.165) is 11.1 Å². The van der Waals surface area contributed by atoms with Crippen molar-refractivity contribution in [2.24, 2.45) is 11.7 Å². The molecule has 2 aromatic carbocycles. The first-order chi connectivity index (χ1) is 10.1. The Hall–Kier alpha value is -1.65. The molecule has 0 radical (unpaired) electrons. The Kier molecular flexibility index (Phi) is 3.59. The van der Waals surface area contributed by atoms with Gasteiger partial charge in [-0.25, -0.2) is 8.42 Å². The van der Waals surface area contributed by atoms with Crippen LogP contribution in [0.4, 0.5) is 0 Å². The van der Waals surface area contributed by atoms with E-state index in [4.69, 9.17) is 5.73 Å². The molecule has 0 heterocycles. The van der Waals surface area contributed by atoms with E-state index in [0.29, 0.717) is 11.4 Å². The van der Waals surface area contributed by atoms with Crippen molar-refractivity contribution in [3.05, 3.63) is 65.7 Å². The Morgan fingerprint density at radius 3 is 2.19 bits per heavy atom. The van der Waals surface area contributed by atoms with Crippen LogP contribution in [0.5, 0.6) is 0 Å². The lowest BCUT2D eigenvalue weighted by Gasteiger charge is -2.05. The normalized spacial score (nSPS) is 24.8. The van der Waals surface area contributed by atoms with Crippen molar-refractivity contribution < 1.29 is 8.42 Å². The molecule has 21 heavy (non-hydrogen) atoms. The molecule has 4 heteroatoms. The molecule has 110 valence electrons. The van der Waals surface area contributed by atoms with Gasteiger partial charge in [0.25, 0.3) is 0 Å². The second-order valence-corrected chi connectivity index (χ2v) is 7.76. The van der Waals surface area contributed by atoms with Crippen LogP contribution in [0, 0.1) is 12.8 Å². The average Bonchev–Trinajstić information content (AvgIpc) is 3.24. The number of hydrogen-bond donors (Lipinski definition) is 1. The Morgan fingerprint density at radius 1 is 1.00 bits per heavy atom. The van der Waals surface area contributed by atoms with E-state index in [9.17, 15) is 8.42 Å². The Morgan fingerprint density at radius 2 is 1.62 bits per heavy atom. The monoisotopic (exact) mass is 301 g/mol. The molecule has 0 unspecified atom stereocenters. The molecular weight excluding hydrogens is 282 g/mol. The van der Waals surface area contributed by atoms with Crippen LogP contribution in [-0.2, 0) is 9.84 Å². The van der Waals surface area contributed by atoms with Gasteiger partial charge in [-0.15, -0.1) is 0 Å². The summed E-state index contributed by atoms with van der Waals surface area (Å²) in [5.41, 5.74) is 7.91. The molecule has 1 fully saturated rings. The lowest BCUT2D eigenvalue weighted by molar-refractivity contribution is 0.591. The maximum Gasteiger partial charge on any atom is 0.182 e. The zero-order valence-corrected chi connectivity index (χ0v) is 12.8. The Labute approximate surface area is 125 Å². The molecule has 1 aliphatic rings. The van der Waals surface area contributed by atoms with Crippen molar-refractivity contribution in [3.63, 3.8) is 0 Å². The summed E-state index contributed by atoms with van der Waals surface area (Å²) in [6.07, 6.45) is 0. The summed E-state index contributed by atoms with van der Waals surface area (Å²) in [5.74, 6) is 0.0289. The van der Waals surface area contributed by atoms with Gasteiger partial charge in [0.2, 0.25) is 0 Å². The van der Waals surface area contributed by atoms with Gasteiger partial charge < -0.3 is 5.73 Å². The van der Waals surface area contributed by atoms with Crippen molar-refractivity contribution in [1.29, 1.82) is 0 Å². The number of hydrogen-bond acceptors (Lipinski definition) is 3. The summed E-state index contributed by atoms with van der Waals surface area (Å²) in [5, 5.41) is -0.396. The largest absolute Gasteiger partial charge is 0.330 e. The summed E-state index contributed by atoms with van der Waals surface area (Å²) >= 11 is 0. The van der Waals surface area contributed by atoms with Crippen molar-refractivity contribution in [2.45, 2.75) is 23.0 Å². The quantitative estimate of drug-likeness (QED) is 0.944. The number of benzene rings is 2. The molecule has 2 aromatic rings. The molecule has 1 saturated carbocycles. The van der Waals surface area contributed by atoms with Crippen LogP contribution in [0.25, 0.3) is 0 Å². The van der Waals surface area contributed by atoms with Gasteiger partial charge in [0, 0.05) is 5.92 Å². The smallest absolute Gasteiger partial charge is 0.182 e. The minimum absolute atomic E-state index is 0.0127. The van der Waals surface area contributed by atoms with Crippen LogP contribution in [-0.4, -0.2) is 20.2 Å². The van der Waals surface area contributed by atoms with Crippen molar-refractivity contribution in [3.8, 4) is 0 Å². The van der Waals surface area contributed by atoms with Crippen molar-refractivity contribution in [2.75, 3.05) is 6.54 Å². The first-order valence-electron chi connectivity index (χ1n) is 7.11. The van der Waals surface area contributed by atoms with Crippen molar-refractivity contribution >= 4 is 9.84 Å². The van der Waals surface area contributed by atoms with Crippen LogP contribution in [0.1, 0.15) is 17.0 Å². The molecule has 0 bridgehead atoms.